The summed E-state index contributed by atoms with van der Waals surface area (Å²) in [7, 11) is -3.62. The van der Waals surface area contributed by atoms with E-state index in [2.05, 4.69) is 4.72 Å². The van der Waals surface area contributed by atoms with E-state index in [1.165, 1.54) is 23.9 Å². The van der Waals surface area contributed by atoms with Crippen LogP contribution < -0.4 is 9.46 Å². The molecule has 0 aliphatic heterocycles. The number of nitrogens with one attached hydrogen (secondary N) is 1. The van der Waals surface area contributed by atoms with Gasteiger partial charge in [0.1, 0.15) is 5.75 Å². The number of rotatable bonds is 8. The fraction of sp³-hybridized carbons (Fsp3) is 0.538. The summed E-state index contributed by atoms with van der Waals surface area (Å²) >= 11 is 1.46. The maximum Gasteiger partial charge on any atom is 0.240 e. The molecule has 0 aliphatic rings. The van der Waals surface area contributed by atoms with Crippen LogP contribution in [-0.4, -0.2) is 44.3 Å². The molecule has 0 spiro atoms. The Hall–Kier alpha value is -0.760. The van der Waals surface area contributed by atoms with Crippen molar-refractivity contribution < 1.29 is 18.3 Å². The number of sulfonamides is 1. The molecule has 0 saturated carbocycles. The van der Waals surface area contributed by atoms with E-state index < -0.39 is 15.6 Å². The molecular weight excluding hydrogens is 298 g/mol. The van der Waals surface area contributed by atoms with Gasteiger partial charge in [0, 0.05) is 12.3 Å². The number of hydrogen-bond donors (Lipinski definition) is 2. The largest absolute Gasteiger partial charge is 0.494 e. The molecule has 0 fully saturated rings. The first-order chi connectivity index (χ1) is 9.30. The van der Waals surface area contributed by atoms with Crippen molar-refractivity contribution >= 4 is 21.8 Å². The van der Waals surface area contributed by atoms with Gasteiger partial charge in [-0.3, -0.25) is 0 Å². The van der Waals surface area contributed by atoms with E-state index in [0.717, 1.165) is 0 Å². The van der Waals surface area contributed by atoms with E-state index in [4.69, 9.17) is 4.74 Å². The van der Waals surface area contributed by atoms with Crippen molar-refractivity contribution in [1.82, 2.24) is 4.72 Å². The maximum atomic E-state index is 12.1. The lowest BCUT2D eigenvalue weighted by atomic mass is 10.1. The zero-order valence-electron chi connectivity index (χ0n) is 11.9. The number of aliphatic hydroxyl groups is 1. The van der Waals surface area contributed by atoms with E-state index in [-0.39, 0.29) is 11.4 Å². The van der Waals surface area contributed by atoms with Crippen LogP contribution in [0.5, 0.6) is 5.75 Å². The second kappa shape index (κ2) is 7.31. The molecule has 0 radical (unpaired) electrons. The van der Waals surface area contributed by atoms with Crippen LogP contribution in [0, 0.1) is 0 Å². The molecule has 1 aromatic rings. The Balaban J connectivity index is 2.73. The van der Waals surface area contributed by atoms with Gasteiger partial charge in [-0.2, -0.15) is 11.8 Å². The average molecular weight is 319 g/mol. The monoisotopic (exact) mass is 319 g/mol. The zero-order chi connectivity index (χ0) is 15.2. The van der Waals surface area contributed by atoms with Gasteiger partial charge in [0.2, 0.25) is 10.0 Å². The fourth-order valence-electron chi connectivity index (χ4n) is 1.58. The lowest BCUT2D eigenvalue weighted by Gasteiger charge is -2.22. The molecule has 1 unspecified atom stereocenters. The third-order valence-electron chi connectivity index (χ3n) is 2.54. The second-order valence-corrected chi connectivity index (χ2v) is 7.29. The van der Waals surface area contributed by atoms with E-state index in [1.807, 2.05) is 13.2 Å². The van der Waals surface area contributed by atoms with Crippen LogP contribution in [0.25, 0.3) is 0 Å². The summed E-state index contributed by atoms with van der Waals surface area (Å²) in [5.41, 5.74) is -1.07. The Morgan fingerprint density at radius 3 is 2.45 bits per heavy atom. The van der Waals surface area contributed by atoms with Crippen LogP contribution in [0.1, 0.15) is 13.8 Å². The number of thioether (sulfide) groups is 1. The van der Waals surface area contributed by atoms with Gasteiger partial charge in [0.05, 0.1) is 17.1 Å². The quantitative estimate of drug-likeness (QED) is 0.759. The highest BCUT2D eigenvalue weighted by molar-refractivity contribution is 7.98. The highest BCUT2D eigenvalue weighted by atomic mass is 32.2. The average Bonchev–Trinajstić information content (AvgIpc) is 2.38. The Labute approximate surface area is 124 Å². The van der Waals surface area contributed by atoms with Gasteiger partial charge < -0.3 is 9.84 Å². The lowest BCUT2D eigenvalue weighted by molar-refractivity contribution is 0.0908. The van der Waals surface area contributed by atoms with Crippen LogP contribution in [-0.2, 0) is 10.0 Å². The first-order valence-corrected chi connectivity index (χ1v) is 9.12. The summed E-state index contributed by atoms with van der Waals surface area (Å²) in [6.45, 7) is 3.97. The Morgan fingerprint density at radius 1 is 1.35 bits per heavy atom. The molecule has 0 heterocycles. The second-order valence-electron chi connectivity index (χ2n) is 4.66. The molecule has 2 N–H and O–H groups in total. The van der Waals surface area contributed by atoms with Crippen molar-refractivity contribution in [2.75, 3.05) is 25.2 Å². The smallest absolute Gasteiger partial charge is 0.240 e. The minimum absolute atomic E-state index is 0.0244. The third kappa shape index (κ3) is 5.32. The van der Waals surface area contributed by atoms with Crippen LogP contribution >= 0.6 is 11.8 Å². The fourth-order valence-corrected chi connectivity index (χ4v) is 3.46. The molecule has 0 bridgehead atoms. The van der Waals surface area contributed by atoms with Crippen LogP contribution in [0.15, 0.2) is 29.2 Å². The molecule has 0 amide bonds. The molecule has 0 aromatic heterocycles. The van der Waals surface area contributed by atoms with E-state index in [9.17, 15) is 13.5 Å². The van der Waals surface area contributed by atoms with E-state index in [1.54, 1.807) is 19.1 Å². The van der Waals surface area contributed by atoms with Gasteiger partial charge in [0.15, 0.2) is 0 Å². The standard InChI is InChI=1S/C13H21NO4S2/c1-4-18-11-5-7-12(8-6-11)20(16,17)14-9-13(2,15)10-19-3/h5-8,14-15H,4,9-10H2,1-3H3. The topological polar surface area (TPSA) is 75.6 Å². The summed E-state index contributed by atoms with van der Waals surface area (Å²) in [6, 6.07) is 6.18. The third-order valence-corrected chi connectivity index (χ3v) is 4.87. The van der Waals surface area contributed by atoms with Gasteiger partial charge in [-0.1, -0.05) is 0 Å². The van der Waals surface area contributed by atoms with Crippen molar-refractivity contribution in [3.05, 3.63) is 24.3 Å². The number of ether oxygens (including phenoxy) is 1. The molecule has 20 heavy (non-hydrogen) atoms. The Morgan fingerprint density at radius 2 is 1.95 bits per heavy atom. The van der Waals surface area contributed by atoms with E-state index in [0.29, 0.717) is 18.1 Å². The van der Waals surface area contributed by atoms with Crippen LogP contribution in [0.3, 0.4) is 0 Å². The molecule has 1 atom stereocenters. The molecule has 7 heteroatoms. The summed E-state index contributed by atoms with van der Waals surface area (Å²) in [6.07, 6.45) is 1.86. The van der Waals surface area contributed by atoms with Gasteiger partial charge in [-0.05, 0) is 44.4 Å². The molecule has 114 valence electrons. The van der Waals surface area contributed by atoms with Crippen LogP contribution in [0.2, 0.25) is 0 Å². The highest BCUT2D eigenvalue weighted by Crippen LogP contribution is 2.17. The minimum Gasteiger partial charge on any atom is -0.494 e. The predicted octanol–water partition coefficient (Wildman–Crippen LogP) is 1.48. The van der Waals surface area contributed by atoms with Crippen molar-refractivity contribution in [2.45, 2.75) is 24.3 Å². The maximum absolute atomic E-state index is 12.1. The Kier molecular flexibility index (Phi) is 6.32. The van der Waals surface area contributed by atoms with Gasteiger partial charge >= 0.3 is 0 Å². The van der Waals surface area contributed by atoms with Gasteiger partial charge in [-0.25, -0.2) is 13.1 Å². The van der Waals surface area contributed by atoms with Crippen molar-refractivity contribution in [2.24, 2.45) is 0 Å². The van der Waals surface area contributed by atoms with Crippen molar-refractivity contribution in [3.63, 3.8) is 0 Å². The minimum atomic E-state index is -3.62. The van der Waals surface area contributed by atoms with Gasteiger partial charge in [-0.15, -0.1) is 0 Å². The molecule has 0 aliphatic carbocycles. The summed E-state index contributed by atoms with van der Waals surface area (Å²) < 4.78 is 31.8. The van der Waals surface area contributed by atoms with E-state index >= 15 is 0 Å². The molecule has 1 aromatic carbocycles. The van der Waals surface area contributed by atoms with Crippen molar-refractivity contribution in [3.8, 4) is 5.75 Å². The number of hydrogen-bond acceptors (Lipinski definition) is 5. The highest BCUT2D eigenvalue weighted by Gasteiger charge is 2.23. The predicted molar refractivity (Wildman–Crippen MR) is 81.8 cm³/mol. The van der Waals surface area contributed by atoms with Gasteiger partial charge in [0.25, 0.3) is 0 Å². The van der Waals surface area contributed by atoms with Crippen molar-refractivity contribution in [1.29, 1.82) is 0 Å². The Bertz CT molecular complexity index is 512. The number of benzene rings is 1. The molecule has 5 nitrogen and oxygen atoms in total. The molecular formula is C13H21NO4S2. The molecule has 0 saturated heterocycles. The summed E-state index contributed by atoms with van der Waals surface area (Å²) in [5, 5.41) is 9.97. The SMILES string of the molecule is CCOc1ccc(S(=O)(=O)NCC(C)(O)CSC)cc1. The summed E-state index contributed by atoms with van der Waals surface area (Å²) in [4.78, 5) is 0.154. The summed E-state index contributed by atoms with van der Waals surface area (Å²) in [5.74, 6) is 1.08. The lowest BCUT2D eigenvalue weighted by Crippen LogP contribution is -2.42. The molecule has 1 rings (SSSR count). The first-order valence-electron chi connectivity index (χ1n) is 6.24. The first kappa shape index (κ1) is 17.3. The van der Waals surface area contributed by atoms with Crippen LogP contribution in [0.4, 0.5) is 0 Å². The normalized spacial score (nSPS) is 14.8. The zero-order valence-corrected chi connectivity index (χ0v) is 13.6.